The van der Waals surface area contributed by atoms with Gasteiger partial charge in [0.25, 0.3) is 0 Å². The Morgan fingerprint density at radius 3 is 2.82 bits per heavy atom. The van der Waals surface area contributed by atoms with Crippen molar-refractivity contribution in [3.8, 4) is 22.9 Å². The third-order valence-electron chi connectivity index (χ3n) is 5.49. The standard InChI is InChI=1S/C23H23ClN4O4S/c24-17-6-4-16(5-7-17)22-26-27-23(28(22)12-18-2-1-9-30-18)33-13-21(29)25-11-15-3-8-19-20(10-15)32-14-31-19/h3-8,10,18H,1-2,9,11-14H2,(H,25,29)/t18-/m0/s1. The second-order valence-corrected chi connectivity index (χ2v) is 9.19. The summed E-state index contributed by atoms with van der Waals surface area (Å²) in [5, 5.41) is 13.1. The van der Waals surface area contributed by atoms with Gasteiger partial charge in [-0.05, 0) is 54.8 Å². The van der Waals surface area contributed by atoms with Crippen LogP contribution < -0.4 is 14.8 Å². The Morgan fingerprint density at radius 1 is 1.15 bits per heavy atom. The Bertz CT molecular complexity index is 1130. The smallest absolute Gasteiger partial charge is 0.231 e. The van der Waals surface area contributed by atoms with Gasteiger partial charge in [0.15, 0.2) is 22.5 Å². The SMILES string of the molecule is O=C(CSc1nnc(-c2ccc(Cl)cc2)n1C[C@@H]1CCCO1)NCc1ccc2c(c1)OCO2. The largest absolute Gasteiger partial charge is 0.454 e. The van der Waals surface area contributed by atoms with Gasteiger partial charge >= 0.3 is 0 Å². The zero-order valence-electron chi connectivity index (χ0n) is 17.8. The molecule has 1 atom stereocenters. The van der Waals surface area contributed by atoms with Gasteiger partial charge in [0.05, 0.1) is 18.4 Å². The molecule has 1 amide bonds. The van der Waals surface area contributed by atoms with Gasteiger partial charge in [-0.1, -0.05) is 29.4 Å². The molecule has 3 aromatic rings. The summed E-state index contributed by atoms with van der Waals surface area (Å²) in [6, 6.07) is 13.2. The van der Waals surface area contributed by atoms with Crippen LogP contribution >= 0.6 is 23.4 Å². The zero-order chi connectivity index (χ0) is 22.6. The van der Waals surface area contributed by atoms with E-state index in [0.29, 0.717) is 29.0 Å². The van der Waals surface area contributed by atoms with E-state index in [-0.39, 0.29) is 24.6 Å². The molecule has 1 N–H and O–H groups in total. The number of carbonyl (C=O) groups is 1. The highest BCUT2D eigenvalue weighted by Gasteiger charge is 2.22. The molecule has 0 aliphatic carbocycles. The Hall–Kier alpha value is -2.75. The van der Waals surface area contributed by atoms with Gasteiger partial charge in [-0.2, -0.15) is 0 Å². The summed E-state index contributed by atoms with van der Waals surface area (Å²) in [6.07, 6.45) is 2.16. The van der Waals surface area contributed by atoms with E-state index >= 15 is 0 Å². The normalized spacial score (nSPS) is 16.8. The zero-order valence-corrected chi connectivity index (χ0v) is 19.4. The molecule has 0 saturated carbocycles. The molecule has 0 spiro atoms. The van der Waals surface area contributed by atoms with Crippen molar-refractivity contribution >= 4 is 29.3 Å². The Kier molecular flexibility index (Phi) is 6.70. The van der Waals surface area contributed by atoms with Crippen LogP contribution in [0.1, 0.15) is 18.4 Å². The lowest BCUT2D eigenvalue weighted by molar-refractivity contribution is -0.118. The monoisotopic (exact) mass is 486 g/mol. The summed E-state index contributed by atoms with van der Waals surface area (Å²) in [7, 11) is 0. The number of benzene rings is 2. The number of nitrogens with one attached hydrogen (secondary N) is 1. The fourth-order valence-electron chi connectivity index (χ4n) is 3.80. The van der Waals surface area contributed by atoms with Gasteiger partial charge in [0.2, 0.25) is 12.7 Å². The second kappa shape index (κ2) is 10.0. The summed E-state index contributed by atoms with van der Waals surface area (Å²) < 4.78 is 18.6. The van der Waals surface area contributed by atoms with Crippen LogP contribution in [0.15, 0.2) is 47.6 Å². The number of hydrogen-bond donors (Lipinski definition) is 1. The molecule has 1 saturated heterocycles. The molecule has 0 radical (unpaired) electrons. The molecular weight excluding hydrogens is 464 g/mol. The molecule has 2 aromatic carbocycles. The third kappa shape index (κ3) is 5.26. The predicted molar refractivity (Wildman–Crippen MR) is 125 cm³/mol. The summed E-state index contributed by atoms with van der Waals surface area (Å²) in [6.45, 7) is 2.06. The first-order valence-corrected chi connectivity index (χ1v) is 12.1. The fourth-order valence-corrected chi connectivity index (χ4v) is 4.70. The number of amides is 1. The van der Waals surface area contributed by atoms with Crippen molar-refractivity contribution in [2.75, 3.05) is 19.2 Å². The van der Waals surface area contributed by atoms with E-state index in [1.54, 1.807) is 0 Å². The molecule has 0 bridgehead atoms. The first-order chi connectivity index (χ1) is 16.2. The van der Waals surface area contributed by atoms with Gasteiger partial charge in [-0.25, -0.2) is 0 Å². The van der Waals surface area contributed by atoms with Crippen LogP contribution in [-0.2, 0) is 22.6 Å². The molecule has 0 unspecified atom stereocenters. The van der Waals surface area contributed by atoms with Crippen LogP contribution in [0, 0.1) is 0 Å². The van der Waals surface area contributed by atoms with Crippen molar-refractivity contribution < 1.29 is 19.0 Å². The summed E-state index contributed by atoms with van der Waals surface area (Å²) in [5.74, 6) is 2.31. The van der Waals surface area contributed by atoms with Gasteiger partial charge < -0.3 is 19.5 Å². The first kappa shape index (κ1) is 22.1. The van der Waals surface area contributed by atoms with Gasteiger partial charge in [-0.3, -0.25) is 9.36 Å². The lowest BCUT2D eigenvalue weighted by Crippen LogP contribution is -2.25. The maximum absolute atomic E-state index is 12.5. The van der Waals surface area contributed by atoms with E-state index in [0.717, 1.165) is 42.1 Å². The second-order valence-electron chi connectivity index (χ2n) is 7.81. The number of ether oxygens (including phenoxy) is 3. The average Bonchev–Trinajstić information content (AvgIpc) is 3.58. The van der Waals surface area contributed by atoms with Gasteiger partial charge in [0.1, 0.15) is 0 Å². The number of rotatable bonds is 8. The van der Waals surface area contributed by atoms with Crippen molar-refractivity contribution in [2.45, 2.75) is 37.2 Å². The third-order valence-corrected chi connectivity index (χ3v) is 6.71. The number of thioether (sulfide) groups is 1. The molecule has 33 heavy (non-hydrogen) atoms. The highest BCUT2D eigenvalue weighted by molar-refractivity contribution is 7.99. The fraction of sp³-hybridized carbons (Fsp3) is 0.348. The molecular formula is C23H23ClN4O4S. The Labute approximate surface area is 200 Å². The molecule has 1 aromatic heterocycles. The van der Waals surface area contributed by atoms with Gasteiger partial charge in [-0.15, -0.1) is 10.2 Å². The average molecular weight is 487 g/mol. The highest BCUT2D eigenvalue weighted by Crippen LogP contribution is 2.32. The van der Waals surface area contributed by atoms with Crippen molar-refractivity contribution in [3.05, 3.63) is 53.1 Å². The van der Waals surface area contributed by atoms with E-state index in [1.165, 1.54) is 11.8 Å². The van der Waals surface area contributed by atoms with Crippen molar-refractivity contribution in [2.24, 2.45) is 0 Å². The number of carbonyl (C=O) groups excluding carboxylic acids is 1. The topological polar surface area (TPSA) is 87.5 Å². The minimum Gasteiger partial charge on any atom is -0.454 e. The number of fused-ring (bicyclic) bond motifs is 1. The van der Waals surface area contributed by atoms with Crippen LogP contribution in [0.4, 0.5) is 0 Å². The van der Waals surface area contributed by atoms with Crippen LogP contribution in [-0.4, -0.2) is 45.9 Å². The maximum atomic E-state index is 12.5. The van der Waals surface area contributed by atoms with Crippen molar-refractivity contribution in [1.82, 2.24) is 20.1 Å². The molecule has 3 heterocycles. The Balaban J connectivity index is 1.24. The molecule has 2 aliphatic rings. The van der Waals surface area contributed by atoms with Crippen molar-refractivity contribution in [3.63, 3.8) is 0 Å². The van der Waals surface area contributed by atoms with E-state index in [4.69, 9.17) is 25.8 Å². The van der Waals surface area contributed by atoms with Crippen LogP contribution in [0.25, 0.3) is 11.4 Å². The minimum absolute atomic E-state index is 0.0858. The van der Waals surface area contributed by atoms with Crippen LogP contribution in [0.2, 0.25) is 5.02 Å². The maximum Gasteiger partial charge on any atom is 0.231 e. The molecule has 1 fully saturated rings. The summed E-state index contributed by atoms with van der Waals surface area (Å²) in [4.78, 5) is 12.5. The highest BCUT2D eigenvalue weighted by atomic mass is 35.5. The summed E-state index contributed by atoms with van der Waals surface area (Å²) in [5.41, 5.74) is 1.87. The predicted octanol–water partition coefficient (Wildman–Crippen LogP) is 3.91. The quantitative estimate of drug-likeness (QED) is 0.483. The van der Waals surface area contributed by atoms with Crippen LogP contribution in [0.3, 0.4) is 0 Å². The lowest BCUT2D eigenvalue weighted by Gasteiger charge is -2.15. The van der Waals surface area contributed by atoms with Crippen LogP contribution in [0.5, 0.6) is 11.5 Å². The van der Waals surface area contributed by atoms with Gasteiger partial charge in [0, 0.05) is 23.7 Å². The number of halogens is 1. The van der Waals surface area contributed by atoms with E-state index in [2.05, 4.69) is 15.5 Å². The molecule has 8 nitrogen and oxygen atoms in total. The minimum atomic E-state index is -0.0858. The van der Waals surface area contributed by atoms with E-state index in [1.807, 2.05) is 47.0 Å². The number of hydrogen-bond acceptors (Lipinski definition) is 7. The molecule has 172 valence electrons. The molecule has 10 heteroatoms. The summed E-state index contributed by atoms with van der Waals surface area (Å²) >= 11 is 7.41. The molecule has 2 aliphatic heterocycles. The van der Waals surface area contributed by atoms with E-state index < -0.39 is 0 Å². The lowest BCUT2D eigenvalue weighted by atomic mass is 10.2. The Morgan fingerprint density at radius 2 is 2.00 bits per heavy atom. The number of aromatic nitrogens is 3. The van der Waals surface area contributed by atoms with E-state index in [9.17, 15) is 4.79 Å². The molecule has 5 rings (SSSR count). The van der Waals surface area contributed by atoms with Crippen molar-refractivity contribution in [1.29, 1.82) is 0 Å². The number of nitrogens with zero attached hydrogens (tertiary/aromatic N) is 3. The first-order valence-electron chi connectivity index (χ1n) is 10.7.